The average molecular weight is 448 g/mol. The number of nitrogens with zero attached hydrogens (tertiary/aromatic N) is 4. The van der Waals surface area contributed by atoms with Gasteiger partial charge in [0.2, 0.25) is 10.0 Å². The predicted molar refractivity (Wildman–Crippen MR) is 121 cm³/mol. The molecular formula is C23H21N5O3S. The number of benzene rings is 1. The van der Waals surface area contributed by atoms with Gasteiger partial charge in [0, 0.05) is 43.1 Å². The van der Waals surface area contributed by atoms with Crippen LogP contribution in [0.25, 0.3) is 21.9 Å². The summed E-state index contributed by atoms with van der Waals surface area (Å²) >= 11 is 0. The minimum atomic E-state index is -3.84. The summed E-state index contributed by atoms with van der Waals surface area (Å²) in [4.78, 5) is 20.0. The zero-order valence-electron chi connectivity index (χ0n) is 17.4. The maximum absolute atomic E-state index is 13.4. The summed E-state index contributed by atoms with van der Waals surface area (Å²) in [6, 6.07) is 11.5. The van der Waals surface area contributed by atoms with Gasteiger partial charge in [0.05, 0.1) is 27.4 Å². The number of pyridine rings is 2. The molecule has 4 heterocycles. The molecule has 1 aliphatic heterocycles. The third-order valence-electron chi connectivity index (χ3n) is 6.33. The summed E-state index contributed by atoms with van der Waals surface area (Å²) in [6.45, 7) is 2.71. The summed E-state index contributed by atoms with van der Waals surface area (Å²) < 4.78 is 30.3. The quantitative estimate of drug-likeness (QED) is 0.519. The lowest BCUT2D eigenvalue weighted by molar-refractivity contribution is 0.204. The highest BCUT2D eigenvalue weighted by molar-refractivity contribution is 7.89. The van der Waals surface area contributed by atoms with Crippen LogP contribution in [0, 0.1) is 17.2 Å². The van der Waals surface area contributed by atoms with Crippen LogP contribution in [0.4, 0.5) is 0 Å². The molecule has 8 nitrogen and oxygen atoms in total. The van der Waals surface area contributed by atoms with Gasteiger partial charge < -0.3 is 9.55 Å². The molecule has 0 spiro atoms. The molecule has 1 fully saturated rings. The summed E-state index contributed by atoms with van der Waals surface area (Å²) in [5.74, 6) is 0.181. The van der Waals surface area contributed by atoms with Gasteiger partial charge in [0.15, 0.2) is 5.43 Å². The number of sulfonamides is 1. The maximum Gasteiger partial charge on any atom is 0.244 e. The monoisotopic (exact) mass is 447 g/mol. The zero-order valence-corrected chi connectivity index (χ0v) is 18.2. The lowest BCUT2D eigenvalue weighted by Gasteiger charge is -2.38. The molecule has 0 unspecified atom stereocenters. The number of aromatic nitrogens is 3. The van der Waals surface area contributed by atoms with E-state index < -0.39 is 10.0 Å². The number of rotatable bonds is 3. The Morgan fingerprint density at radius 1 is 1.19 bits per heavy atom. The molecule has 0 bridgehead atoms. The van der Waals surface area contributed by atoms with E-state index in [1.807, 2.05) is 16.7 Å². The minimum Gasteiger partial charge on any atom is -0.346 e. The summed E-state index contributed by atoms with van der Waals surface area (Å²) in [6.07, 6.45) is 5.75. The smallest absolute Gasteiger partial charge is 0.244 e. The van der Waals surface area contributed by atoms with Crippen molar-refractivity contribution in [2.24, 2.45) is 5.92 Å². The largest absolute Gasteiger partial charge is 0.346 e. The summed E-state index contributed by atoms with van der Waals surface area (Å²) in [7, 11) is -3.84. The Bertz CT molecular complexity index is 1550. The molecule has 1 aromatic carbocycles. The molecule has 1 aliphatic rings. The Morgan fingerprint density at radius 2 is 2.00 bits per heavy atom. The molecule has 32 heavy (non-hydrogen) atoms. The number of aromatic amines is 1. The molecule has 162 valence electrons. The van der Waals surface area contributed by atoms with E-state index >= 15 is 0 Å². The summed E-state index contributed by atoms with van der Waals surface area (Å²) in [5.41, 5.74) is 1.43. The first-order valence-electron chi connectivity index (χ1n) is 10.4. The Labute approximate surface area is 184 Å². The van der Waals surface area contributed by atoms with Gasteiger partial charge in [-0.05, 0) is 30.5 Å². The van der Waals surface area contributed by atoms with Crippen LogP contribution < -0.4 is 5.43 Å². The van der Waals surface area contributed by atoms with E-state index in [0.29, 0.717) is 24.0 Å². The fourth-order valence-corrected chi connectivity index (χ4v) is 6.18. The molecular weight excluding hydrogens is 426 g/mol. The highest BCUT2D eigenvalue weighted by atomic mass is 32.2. The van der Waals surface area contributed by atoms with Crippen molar-refractivity contribution in [3.63, 3.8) is 0 Å². The van der Waals surface area contributed by atoms with Crippen molar-refractivity contribution in [2.45, 2.75) is 24.3 Å². The minimum absolute atomic E-state index is 0.0257. The van der Waals surface area contributed by atoms with Gasteiger partial charge in [-0.3, -0.25) is 4.79 Å². The average Bonchev–Trinajstić information content (AvgIpc) is 3.29. The number of nitriles is 1. The molecule has 1 N–H and O–H groups in total. The van der Waals surface area contributed by atoms with Crippen LogP contribution in [0.2, 0.25) is 0 Å². The van der Waals surface area contributed by atoms with Gasteiger partial charge in [-0.2, -0.15) is 9.57 Å². The number of H-pyrrole nitrogens is 1. The summed E-state index contributed by atoms with van der Waals surface area (Å²) in [5, 5.41) is 10.7. The number of piperidine rings is 1. The Hall–Kier alpha value is -3.48. The SMILES string of the molecule is C[C@@H]1CCN(S(=O)(=O)c2ccccc2C#N)C[C@@H]1n1ccc(=O)c2cnc3[nH]ccc3c21. The van der Waals surface area contributed by atoms with Crippen molar-refractivity contribution in [1.29, 1.82) is 5.26 Å². The van der Waals surface area contributed by atoms with E-state index in [2.05, 4.69) is 16.9 Å². The van der Waals surface area contributed by atoms with E-state index in [4.69, 9.17) is 0 Å². The fourth-order valence-electron chi connectivity index (χ4n) is 4.56. The van der Waals surface area contributed by atoms with Crippen molar-refractivity contribution in [2.75, 3.05) is 13.1 Å². The van der Waals surface area contributed by atoms with Crippen LogP contribution in [0.15, 0.2) is 64.7 Å². The van der Waals surface area contributed by atoms with Crippen molar-refractivity contribution in [3.8, 4) is 6.07 Å². The van der Waals surface area contributed by atoms with E-state index in [1.165, 1.54) is 22.5 Å². The molecule has 0 amide bonds. The van der Waals surface area contributed by atoms with Gasteiger partial charge >= 0.3 is 0 Å². The third-order valence-corrected chi connectivity index (χ3v) is 8.26. The van der Waals surface area contributed by atoms with Gasteiger partial charge in [0.1, 0.15) is 11.7 Å². The second-order valence-electron chi connectivity index (χ2n) is 8.15. The van der Waals surface area contributed by atoms with E-state index in [-0.39, 0.29) is 34.4 Å². The molecule has 5 rings (SSSR count). The lowest BCUT2D eigenvalue weighted by Crippen LogP contribution is -2.44. The molecule has 2 atom stereocenters. The molecule has 0 aliphatic carbocycles. The number of hydrogen-bond donors (Lipinski definition) is 1. The molecule has 3 aromatic heterocycles. The number of nitrogens with one attached hydrogen (secondary N) is 1. The first-order valence-corrected chi connectivity index (χ1v) is 11.8. The van der Waals surface area contributed by atoms with Crippen LogP contribution in [-0.4, -0.2) is 40.3 Å². The zero-order chi connectivity index (χ0) is 22.5. The second-order valence-corrected chi connectivity index (χ2v) is 10.1. The van der Waals surface area contributed by atoms with Gasteiger partial charge in [-0.15, -0.1) is 0 Å². The molecule has 1 saturated heterocycles. The standard InChI is InChI=1S/C23H21N5O3S/c1-15-7-10-27(32(30,31)21-5-3-2-4-16(21)12-24)14-19(15)28-11-8-20(29)18-13-26-23-17(22(18)28)6-9-25-23/h2-6,8-9,11,13,15,19H,7,10,14H2,1H3,(H,25,26)/t15-,19+/m1/s1. The highest BCUT2D eigenvalue weighted by Crippen LogP contribution is 2.34. The van der Waals surface area contributed by atoms with Crippen molar-refractivity contribution in [1.82, 2.24) is 18.8 Å². The molecule has 0 saturated carbocycles. The van der Waals surface area contributed by atoms with Crippen LogP contribution in [-0.2, 0) is 10.0 Å². The van der Waals surface area contributed by atoms with Gasteiger partial charge in [-0.25, -0.2) is 13.4 Å². The number of fused-ring (bicyclic) bond motifs is 3. The second kappa shape index (κ2) is 7.58. The Morgan fingerprint density at radius 3 is 2.81 bits per heavy atom. The van der Waals surface area contributed by atoms with Crippen molar-refractivity contribution >= 4 is 32.0 Å². The van der Waals surface area contributed by atoms with Crippen LogP contribution in [0.3, 0.4) is 0 Å². The maximum atomic E-state index is 13.4. The molecule has 9 heteroatoms. The van der Waals surface area contributed by atoms with Crippen molar-refractivity contribution < 1.29 is 8.42 Å². The third kappa shape index (κ3) is 3.11. The van der Waals surface area contributed by atoms with Crippen LogP contribution in [0.5, 0.6) is 0 Å². The first-order chi connectivity index (χ1) is 15.4. The van der Waals surface area contributed by atoms with E-state index in [9.17, 15) is 18.5 Å². The lowest BCUT2D eigenvalue weighted by atomic mass is 9.94. The molecule has 4 aromatic rings. The van der Waals surface area contributed by atoms with E-state index in [0.717, 1.165) is 10.9 Å². The Balaban J connectivity index is 1.63. The number of hydrogen-bond acceptors (Lipinski definition) is 5. The normalized spacial score (nSPS) is 19.9. The van der Waals surface area contributed by atoms with E-state index in [1.54, 1.807) is 30.7 Å². The molecule has 0 radical (unpaired) electrons. The fraction of sp³-hybridized carbons (Fsp3) is 0.261. The van der Waals surface area contributed by atoms with Gasteiger partial charge in [0.25, 0.3) is 0 Å². The highest BCUT2D eigenvalue weighted by Gasteiger charge is 2.36. The Kier molecular flexibility index (Phi) is 4.84. The van der Waals surface area contributed by atoms with Crippen LogP contribution in [0.1, 0.15) is 24.9 Å². The predicted octanol–water partition coefficient (Wildman–Crippen LogP) is 3.02. The topological polar surface area (TPSA) is 112 Å². The first kappa shape index (κ1) is 20.4. The van der Waals surface area contributed by atoms with Crippen molar-refractivity contribution in [3.05, 3.63) is 70.8 Å². The van der Waals surface area contributed by atoms with Gasteiger partial charge in [-0.1, -0.05) is 19.1 Å². The van der Waals surface area contributed by atoms with Crippen LogP contribution >= 0.6 is 0 Å².